The normalized spacial score (nSPS) is 14.4. The second kappa shape index (κ2) is 2.60. The van der Waals surface area contributed by atoms with Gasteiger partial charge in [-0.15, -0.1) is 0 Å². The number of imidazole rings is 1. The van der Waals surface area contributed by atoms with Gasteiger partial charge in [-0.1, -0.05) is 0 Å². The Balaban J connectivity index is 2.31. The van der Waals surface area contributed by atoms with E-state index >= 15 is 0 Å². The third-order valence-corrected chi connectivity index (χ3v) is 1.84. The molecule has 0 fully saturated rings. The van der Waals surface area contributed by atoms with Crippen LogP contribution in [-0.4, -0.2) is 23.0 Å². The molecule has 0 amide bonds. The number of nitrogens with zero attached hydrogens (tertiary/aromatic N) is 1. The van der Waals surface area contributed by atoms with E-state index in [9.17, 15) is 4.79 Å². The molecule has 0 atom stereocenters. The fraction of sp³-hybridized carbons (Fsp3) is 0.429. The molecule has 5 nitrogen and oxygen atoms in total. The number of esters is 1. The van der Waals surface area contributed by atoms with E-state index < -0.39 is 5.97 Å². The largest absolute Gasteiger partial charge is 0.463 e. The second-order valence-corrected chi connectivity index (χ2v) is 2.61. The molecule has 0 saturated carbocycles. The van der Waals surface area contributed by atoms with Gasteiger partial charge in [-0.25, -0.2) is 9.78 Å². The highest BCUT2D eigenvalue weighted by Crippen LogP contribution is 2.11. The third-order valence-electron chi connectivity index (χ3n) is 1.84. The number of nitrogens with one attached hydrogen (secondary N) is 2. The summed E-state index contributed by atoms with van der Waals surface area (Å²) in [6.07, 6.45) is 0. The number of fused-ring (bicyclic) bond motifs is 1. The van der Waals surface area contributed by atoms with Gasteiger partial charge in [-0.3, -0.25) is 0 Å². The van der Waals surface area contributed by atoms with Crippen molar-refractivity contribution < 1.29 is 9.53 Å². The molecule has 12 heavy (non-hydrogen) atoms. The highest BCUT2D eigenvalue weighted by Gasteiger charge is 2.18. The standard InChI is InChI=1S/C7H9N3O2/c1-12-7(11)6-9-4-2-8-3-5(4)10-6/h8H,2-3H2,1H3,(H,9,10). The predicted octanol–water partition coefficient (Wildman–Crippen LogP) is -0.201. The van der Waals surface area contributed by atoms with Gasteiger partial charge in [0.2, 0.25) is 5.82 Å². The van der Waals surface area contributed by atoms with Crippen molar-refractivity contribution in [1.82, 2.24) is 15.3 Å². The highest BCUT2D eigenvalue weighted by molar-refractivity contribution is 5.85. The van der Waals surface area contributed by atoms with Crippen LogP contribution in [0.25, 0.3) is 0 Å². The Hall–Kier alpha value is -1.36. The molecule has 0 aliphatic carbocycles. The van der Waals surface area contributed by atoms with Gasteiger partial charge < -0.3 is 15.0 Å². The summed E-state index contributed by atoms with van der Waals surface area (Å²) in [5.41, 5.74) is 1.89. The Bertz CT molecular complexity index is 297. The van der Waals surface area contributed by atoms with Gasteiger partial charge in [0, 0.05) is 13.1 Å². The molecule has 2 rings (SSSR count). The van der Waals surface area contributed by atoms with Gasteiger partial charge in [0.1, 0.15) is 0 Å². The van der Waals surface area contributed by atoms with E-state index in [2.05, 4.69) is 20.0 Å². The zero-order chi connectivity index (χ0) is 8.55. The van der Waals surface area contributed by atoms with Gasteiger partial charge in [0.15, 0.2) is 0 Å². The van der Waals surface area contributed by atoms with Crippen LogP contribution in [0.3, 0.4) is 0 Å². The monoisotopic (exact) mass is 167 g/mol. The molecule has 2 N–H and O–H groups in total. The van der Waals surface area contributed by atoms with Crippen LogP contribution in [-0.2, 0) is 17.8 Å². The van der Waals surface area contributed by atoms with Crippen molar-refractivity contribution in [2.45, 2.75) is 13.1 Å². The lowest BCUT2D eigenvalue weighted by atomic mass is 10.4. The summed E-state index contributed by atoms with van der Waals surface area (Å²) in [5, 5.41) is 3.11. The molecule has 1 aromatic heterocycles. The number of H-pyrrole nitrogens is 1. The molecule has 0 aromatic carbocycles. The minimum atomic E-state index is -0.413. The number of ether oxygens (including phenoxy) is 1. The average Bonchev–Trinajstić information content (AvgIpc) is 2.60. The van der Waals surface area contributed by atoms with Gasteiger partial charge in [-0.2, -0.15) is 0 Å². The summed E-state index contributed by atoms with van der Waals surface area (Å²) < 4.78 is 4.52. The third kappa shape index (κ3) is 0.984. The molecule has 64 valence electrons. The summed E-state index contributed by atoms with van der Waals surface area (Å²) in [7, 11) is 1.34. The Labute approximate surface area is 69.1 Å². The molecule has 0 saturated heterocycles. The number of hydrogen-bond acceptors (Lipinski definition) is 4. The van der Waals surface area contributed by atoms with Crippen molar-refractivity contribution in [2.75, 3.05) is 7.11 Å². The fourth-order valence-electron chi connectivity index (χ4n) is 1.24. The van der Waals surface area contributed by atoms with Crippen molar-refractivity contribution in [1.29, 1.82) is 0 Å². The van der Waals surface area contributed by atoms with Crippen molar-refractivity contribution in [3.8, 4) is 0 Å². The summed E-state index contributed by atoms with van der Waals surface area (Å²) in [6, 6.07) is 0. The quantitative estimate of drug-likeness (QED) is 0.568. The molecule has 0 unspecified atom stereocenters. The molecule has 1 aliphatic heterocycles. The fourth-order valence-corrected chi connectivity index (χ4v) is 1.24. The minimum Gasteiger partial charge on any atom is -0.463 e. The number of carbonyl (C=O) groups is 1. The van der Waals surface area contributed by atoms with E-state index in [0.717, 1.165) is 24.5 Å². The van der Waals surface area contributed by atoms with Gasteiger partial charge in [-0.05, 0) is 0 Å². The predicted molar refractivity (Wildman–Crippen MR) is 40.5 cm³/mol. The zero-order valence-electron chi connectivity index (χ0n) is 6.68. The lowest BCUT2D eigenvalue weighted by molar-refractivity contribution is 0.0587. The number of aromatic nitrogens is 2. The van der Waals surface area contributed by atoms with Crippen LogP contribution in [0, 0.1) is 0 Å². The first-order valence-corrected chi connectivity index (χ1v) is 3.68. The molecule has 2 heterocycles. The van der Waals surface area contributed by atoms with Crippen molar-refractivity contribution in [3.63, 3.8) is 0 Å². The molecule has 5 heteroatoms. The first-order chi connectivity index (χ1) is 5.81. The van der Waals surface area contributed by atoms with E-state index in [1.165, 1.54) is 7.11 Å². The molecule has 0 bridgehead atoms. The summed E-state index contributed by atoms with van der Waals surface area (Å²) >= 11 is 0. The van der Waals surface area contributed by atoms with Crippen LogP contribution in [0.15, 0.2) is 0 Å². The maximum absolute atomic E-state index is 11.0. The number of hydrogen-bond donors (Lipinski definition) is 2. The Morgan fingerprint density at radius 1 is 1.58 bits per heavy atom. The first-order valence-electron chi connectivity index (χ1n) is 3.68. The number of methoxy groups -OCH3 is 1. The lowest BCUT2D eigenvalue weighted by Gasteiger charge is -1.93. The highest BCUT2D eigenvalue weighted by atomic mass is 16.5. The van der Waals surface area contributed by atoms with E-state index in [4.69, 9.17) is 0 Å². The topological polar surface area (TPSA) is 67.0 Å². The van der Waals surface area contributed by atoms with E-state index in [0.29, 0.717) is 5.82 Å². The summed E-state index contributed by atoms with van der Waals surface area (Å²) in [6.45, 7) is 1.47. The van der Waals surface area contributed by atoms with Crippen LogP contribution in [0.2, 0.25) is 0 Å². The Kier molecular flexibility index (Phi) is 1.58. The smallest absolute Gasteiger partial charge is 0.374 e. The van der Waals surface area contributed by atoms with Gasteiger partial charge in [0.05, 0.1) is 18.5 Å². The summed E-state index contributed by atoms with van der Waals surface area (Å²) in [4.78, 5) is 17.9. The van der Waals surface area contributed by atoms with Crippen LogP contribution < -0.4 is 5.32 Å². The van der Waals surface area contributed by atoms with Crippen LogP contribution in [0.1, 0.15) is 22.0 Å². The van der Waals surface area contributed by atoms with Crippen molar-refractivity contribution in [3.05, 3.63) is 17.2 Å². The minimum absolute atomic E-state index is 0.295. The van der Waals surface area contributed by atoms with E-state index in [-0.39, 0.29) is 0 Å². The number of rotatable bonds is 1. The van der Waals surface area contributed by atoms with Crippen LogP contribution >= 0.6 is 0 Å². The van der Waals surface area contributed by atoms with Crippen LogP contribution in [0.4, 0.5) is 0 Å². The second-order valence-electron chi connectivity index (χ2n) is 2.61. The Morgan fingerprint density at radius 2 is 2.42 bits per heavy atom. The number of aromatic amines is 1. The number of carbonyl (C=O) groups excluding carboxylic acids is 1. The van der Waals surface area contributed by atoms with Gasteiger partial charge >= 0.3 is 5.97 Å². The molecular weight excluding hydrogens is 158 g/mol. The van der Waals surface area contributed by atoms with E-state index in [1.807, 2.05) is 0 Å². The first kappa shape index (κ1) is 7.30. The van der Waals surface area contributed by atoms with Crippen molar-refractivity contribution >= 4 is 5.97 Å². The average molecular weight is 167 g/mol. The molecule has 1 aliphatic rings. The lowest BCUT2D eigenvalue weighted by Crippen LogP contribution is -2.08. The Morgan fingerprint density at radius 3 is 3.08 bits per heavy atom. The molecule has 1 aromatic rings. The molecular formula is C7H9N3O2. The van der Waals surface area contributed by atoms with Gasteiger partial charge in [0.25, 0.3) is 0 Å². The maximum atomic E-state index is 11.0. The van der Waals surface area contributed by atoms with E-state index in [1.54, 1.807) is 0 Å². The van der Waals surface area contributed by atoms with Crippen LogP contribution in [0.5, 0.6) is 0 Å². The van der Waals surface area contributed by atoms with Crippen molar-refractivity contribution in [2.24, 2.45) is 0 Å². The zero-order valence-corrected chi connectivity index (χ0v) is 6.68. The molecule has 0 radical (unpaired) electrons. The SMILES string of the molecule is COC(=O)c1nc2c([nH]1)CNC2. The maximum Gasteiger partial charge on any atom is 0.374 e. The molecule has 0 spiro atoms. The summed E-state index contributed by atoms with van der Waals surface area (Å²) in [5.74, 6) is -0.117.